The van der Waals surface area contributed by atoms with Gasteiger partial charge in [-0.05, 0) is 93.1 Å². The maximum absolute atomic E-state index is 10.6. The number of fused-ring (bicyclic) bond motifs is 4. The minimum absolute atomic E-state index is 0.0458. The van der Waals surface area contributed by atoms with Gasteiger partial charge in [0, 0.05) is 17.1 Å². The van der Waals surface area contributed by atoms with Gasteiger partial charge in [0.25, 0.3) is 0 Å². The van der Waals surface area contributed by atoms with Crippen molar-refractivity contribution in [2.24, 2.45) is 22.7 Å². The lowest BCUT2D eigenvalue weighted by atomic mass is 9.44. The fourth-order valence-corrected chi connectivity index (χ4v) is 7.66. The van der Waals surface area contributed by atoms with Crippen molar-refractivity contribution in [2.75, 3.05) is 0 Å². The highest BCUT2D eigenvalue weighted by molar-refractivity contribution is 5.83. The second-order valence-electron chi connectivity index (χ2n) is 11.7. The monoisotopic (exact) mass is 421 g/mol. The Kier molecular flexibility index (Phi) is 4.95. The summed E-state index contributed by atoms with van der Waals surface area (Å²) in [7, 11) is 0. The van der Waals surface area contributed by atoms with E-state index < -0.39 is 5.60 Å². The van der Waals surface area contributed by atoms with E-state index in [2.05, 4.69) is 55.9 Å². The van der Waals surface area contributed by atoms with Crippen LogP contribution in [-0.2, 0) is 11.2 Å². The summed E-state index contributed by atoms with van der Waals surface area (Å²) in [5.74, 6) is 1.15. The smallest absolute Gasteiger partial charge is 0.0860 e. The van der Waals surface area contributed by atoms with E-state index in [-0.39, 0.29) is 23.0 Å². The van der Waals surface area contributed by atoms with E-state index in [1.807, 2.05) is 13.8 Å². The summed E-state index contributed by atoms with van der Waals surface area (Å²) in [6.45, 7) is 13.4. The Hall–Kier alpha value is -1.58. The van der Waals surface area contributed by atoms with E-state index in [1.165, 1.54) is 34.9 Å². The lowest BCUT2D eigenvalue weighted by Crippen LogP contribution is -2.61. The van der Waals surface area contributed by atoms with E-state index >= 15 is 0 Å². The number of benzene rings is 1. The molecular formula is C28H39NO2. The highest BCUT2D eigenvalue weighted by atomic mass is 16.5. The summed E-state index contributed by atoms with van der Waals surface area (Å²) < 4.78 is 6.60. The molecule has 31 heavy (non-hydrogen) atoms. The van der Waals surface area contributed by atoms with Gasteiger partial charge < -0.3 is 14.8 Å². The molecule has 5 rings (SSSR count). The van der Waals surface area contributed by atoms with Crippen molar-refractivity contribution < 1.29 is 9.84 Å². The molecule has 0 bridgehead atoms. The molecule has 1 aromatic heterocycles. The van der Waals surface area contributed by atoms with E-state index in [4.69, 9.17) is 4.74 Å². The zero-order chi connectivity index (χ0) is 22.0. The van der Waals surface area contributed by atoms with Gasteiger partial charge in [-0.3, -0.25) is 0 Å². The summed E-state index contributed by atoms with van der Waals surface area (Å²) in [4.78, 5) is 3.48. The van der Waals surface area contributed by atoms with Crippen LogP contribution >= 0.6 is 0 Å². The second-order valence-corrected chi connectivity index (χ2v) is 11.7. The first-order chi connectivity index (χ1) is 14.6. The molecule has 2 saturated carbocycles. The van der Waals surface area contributed by atoms with Crippen LogP contribution in [0.1, 0.15) is 71.8 Å². The number of para-hydroxylation sites is 1. The molecule has 1 aliphatic heterocycles. The molecule has 6 atom stereocenters. The molecule has 1 aromatic carbocycles. The Labute approximate surface area is 187 Å². The van der Waals surface area contributed by atoms with Gasteiger partial charge in [-0.1, -0.05) is 44.2 Å². The molecule has 0 radical (unpaired) electrons. The zero-order valence-electron chi connectivity index (χ0n) is 19.7. The highest BCUT2D eigenvalue weighted by Crippen LogP contribution is 2.64. The maximum atomic E-state index is 10.6. The Morgan fingerprint density at radius 1 is 1.13 bits per heavy atom. The molecular weight excluding hydrogens is 382 g/mol. The summed E-state index contributed by atoms with van der Waals surface area (Å²) >= 11 is 0. The highest BCUT2D eigenvalue weighted by Gasteiger charge is 2.60. The molecule has 3 heteroatoms. The Balaban J connectivity index is 1.45. The molecule has 0 spiro atoms. The summed E-state index contributed by atoms with van der Waals surface area (Å²) in [5, 5.41) is 11.9. The van der Waals surface area contributed by atoms with Crippen LogP contribution in [0.25, 0.3) is 10.9 Å². The number of nitrogens with one attached hydrogen (secondary N) is 1. The number of aromatic amines is 1. The number of rotatable bonds is 3. The van der Waals surface area contributed by atoms with Gasteiger partial charge in [-0.2, -0.15) is 0 Å². The molecule has 3 nitrogen and oxygen atoms in total. The van der Waals surface area contributed by atoms with Crippen molar-refractivity contribution in [1.82, 2.24) is 4.98 Å². The van der Waals surface area contributed by atoms with Crippen LogP contribution in [-0.4, -0.2) is 27.9 Å². The van der Waals surface area contributed by atoms with Crippen molar-refractivity contribution in [3.05, 3.63) is 48.2 Å². The van der Waals surface area contributed by atoms with Gasteiger partial charge in [-0.15, -0.1) is 0 Å². The lowest BCUT2D eigenvalue weighted by Gasteiger charge is -2.63. The third-order valence-electron chi connectivity index (χ3n) is 9.48. The molecule has 2 N–H and O–H groups in total. The minimum atomic E-state index is -0.763. The first-order valence-electron chi connectivity index (χ1n) is 12.2. The van der Waals surface area contributed by atoms with Gasteiger partial charge in [0.2, 0.25) is 0 Å². The minimum Gasteiger partial charge on any atom is -0.388 e. The average molecular weight is 422 g/mol. The number of H-pyrrole nitrogens is 1. The number of aliphatic hydroxyl groups is 1. The van der Waals surface area contributed by atoms with Crippen molar-refractivity contribution >= 4 is 10.9 Å². The van der Waals surface area contributed by atoms with Gasteiger partial charge in [0.1, 0.15) is 0 Å². The Morgan fingerprint density at radius 2 is 1.87 bits per heavy atom. The van der Waals surface area contributed by atoms with Crippen LogP contribution in [0.15, 0.2) is 42.6 Å². The predicted octanol–water partition coefficient (Wildman–Crippen LogP) is 6.42. The normalized spacial score (nSPS) is 38.7. The zero-order valence-corrected chi connectivity index (χ0v) is 19.7. The lowest BCUT2D eigenvalue weighted by molar-refractivity contribution is -0.236. The quantitative estimate of drug-likeness (QED) is 0.562. The van der Waals surface area contributed by atoms with Crippen LogP contribution in [0.4, 0.5) is 0 Å². The fraction of sp³-hybridized carbons (Fsp3) is 0.643. The van der Waals surface area contributed by atoms with Crippen LogP contribution in [0.5, 0.6) is 0 Å². The molecule has 2 aliphatic carbocycles. The number of aromatic nitrogens is 1. The fourth-order valence-electron chi connectivity index (χ4n) is 7.66. The largest absolute Gasteiger partial charge is 0.388 e. The topological polar surface area (TPSA) is 45.2 Å². The van der Waals surface area contributed by atoms with Crippen LogP contribution < -0.4 is 0 Å². The molecule has 3 aliphatic rings. The molecule has 2 aromatic rings. The third kappa shape index (κ3) is 3.31. The number of hydrogen-bond donors (Lipinski definition) is 2. The average Bonchev–Trinajstić information content (AvgIpc) is 3.12. The first-order valence-corrected chi connectivity index (χ1v) is 12.2. The van der Waals surface area contributed by atoms with Crippen molar-refractivity contribution in [1.29, 1.82) is 0 Å². The second kappa shape index (κ2) is 7.22. The Bertz CT molecular complexity index is 984. The summed E-state index contributed by atoms with van der Waals surface area (Å²) in [6, 6.07) is 8.66. The van der Waals surface area contributed by atoms with E-state index in [9.17, 15) is 5.11 Å². The van der Waals surface area contributed by atoms with E-state index in [1.54, 1.807) is 0 Å². The number of hydrogen-bond acceptors (Lipinski definition) is 2. The van der Waals surface area contributed by atoms with Crippen molar-refractivity contribution in [3.63, 3.8) is 0 Å². The SMILES string of the molecule is C=C1CC[C@H]2[C@]3(C)CC[C@@H](C(C)(C)O)OC3CC[C@]2(C)C1Cc1c[nH]c2ccccc12. The maximum Gasteiger partial charge on any atom is 0.0860 e. The van der Waals surface area contributed by atoms with Gasteiger partial charge in [0.05, 0.1) is 17.8 Å². The number of allylic oxidation sites excluding steroid dienone is 1. The molecule has 3 fully saturated rings. The van der Waals surface area contributed by atoms with Gasteiger partial charge >= 0.3 is 0 Å². The first kappa shape index (κ1) is 21.3. The summed E-state index contributed by atoms with van der Waals surface area (Å²) in [6.07, 6.45) is 10.2. The number of ether oxygens (including phenoxy) is 1. The Morgan fingerprint density at radius 3 is 2.65 bits per heavy atom. The van der Waals surface area contributed by atoms with Crippen LogP contribution in [0, 0.1) is 22.7 Å². The van der Waals surface area contributed by atoms with Crippen molar-refractivity contribution in [2.45, 2.75) is 90.4 Å². The predicted molar refractivity (Wildman–Crippen MR) is 127 cm³/mol. The third-order valence-corrected chi connectivity index (χ3v) is 9.48. The molecule has 168 valence electrons. The van der Waals surface area contributed by atoms with Crippen LogP contribution in [0.3, 0.4) is 0 Å². The van der Waals surface area contributed by atoms with E-state index in [0.717, 1.165) is 32.1 Å². The van der Waals surface area contributed by atoms with E-state index in [0.29, 0.717) is 11.8 Å². The standard InChI is InChI=1S/C28H39NO2/c1-18-10-11-23-27(4,21(18)16-19-17-29-22-9-7-6-8-20(19)22)14-13-25-28(23,5)15-12-24(31-25)26(2,3)30/h6-9,17,21,23-25,29-30H,1,10-16H2,2-5H3/t21?,23-,24+,25?,27-,28+/m1/s1. The van der Waals surface area contributed by atoms with Gasteiger partial charge in [-0.25, -0.2) is 0 Å². The van der Waals surface area contributed by atoms with Crippen LogP contribution in [0.2, 0.25) is 0 Å². The molecule has 2 unspecified atom stereocenters. The van der Waals surface area contributed by atoms with Gasteiger partial charge in [0.15, 0.2) is 0 Å². The molecule has 0 amide bonds. The van der Waals surface area contributed by atoms with Crippen molar-refractivity contribution in [3.8, 4) is 0 Å². The molecule has 1 saturated heterocycles. The summed E-state index contributed by atoms with van der Waals surface area (Å²) in [5.41, 5.74) is 3.78. The molecule has 2 heterocycles.